The van der Waals surface area contributed by atoms with E-state index in [0.717, 1.165) is 12.8 Å². The van der Waals surface area contributed by atoms with Crippen molar-refractivity contribution in [1.82, 2.24) is 10.0 Å². The molecule has 4 N–H and O–H groups in total. The van der Waals surface area contributed by atoms with Crippen LogP contribution in [0.5, 0.6) is 0 Å². The molecule has 0 aliphatic heterocycles. The summed E-state index contributed by atoms with van der Waals surface area (Å²) in [6, 6.07) is -0.0451. The first-order chi connectivity index (χ1) is 9.34. The smallest absolute Gasteiger partial charge is 0.235 e. The summed E-state index contributed by atoms with van der Waals surface area (Å²) in [6.07, 6.45) is 2.12. The molecule has 118 valence electrons. The van der Waals surface area contributed by atoms with Crippen molar-refractivity contribution in [2.45, 2.75) is 38.8 Å². The molecule has 0 aromatic heterocycles. The SMILES string of the molecule is CC(C)OCCS(=O)(=O)NCC(=O)NC(CN)C1CC1. The highest BCUT2D eigenvalue weighted by atomic mass is 32.2. The van der Waals surface area contributed by atoms with E-state index >= 15 is 0 Å². The van der Waals surface area contributed by atoms with Crippen LogP contribution >= 0.6 is 0 Å². The lowest BCUT2D eigenvalue weighted by molar-refractivity contribution is -0.120. The molecule has 1 aliphatic carbocycles. The van der Waals surface area contributed by atoms with E-state index in [0.29, 0.717) is 12.5 Å². The molecule has 1 unspecified atom stereocenters. The van der Waals surface area contributed by atoms with Gasteiger partial charge in [0.1, 0.15) is 0 Å². The lowest BCUT2D eigenvalue weighted by Crippen LogP contribution is -2.46. The second-order valence-electron chi connectivity index (χ2n) is 5.31. The average Bonchev–Trinajstić information content (AvgIpc) is 3.17. The Morgan fingerprint density at radius 1 is 1.40 bits per heavy atom. The molecule has 1 amide bonds. The molecule has 0 spiro atoms. The maximum atomic E-state index is 11.6. The second kappa shape index (κ2) is 7.92. The molecule has 20 heavy (non-hydrogen) atoms. The summed E-state index contributed by atoms with van der Waals surface area (Å²) in [6.45, 7) is 3.90. The second-order valence-corrected chi connectivity index (χ2v) is 7.23. The molecule has 1 saturated carbocycles. The molecule has 1 rings (SSSR count). The molecule has 0 radical (unpaired) electrons. The van der Waals surface area contributed by atoms with Crippen LogP contribution in [0.15, 0.2) is 0 Å². The Bertz CT molecular complexity index is 407. The Morgan fingerprint density at radius 2 is 2.05 bits per heavy atom. The van der Waals surface area contributed by atoms with Crippen LogP contribution in [0.25, 0.3) is 0 Å². The molecule has 0 bridgehead atoms. The summed E-state index contributed by atoms with van der Waals surface area (Å²) in [4.78, 5) is 11.6. The molecular formula is C12H25N3O4S. The van der Waals surface area contributed by atoms with E-state index in [9.17, 15) is 13.2 Å². The molecule has 1 atom stereocenters. The first kappa shape index (κ1) is 17.4. The maximum absolute atomic E-state index is 11.6. The van der Waals surface area contributed by atoms with Crippen LogP contribution < -0.4 is 15.8 Å². The van der Waals surface area contributed by atoms with Gasteiger partial charge in [0.25, 0.3) is 0 Å². The van der Waals surface area contributed by atoms with Gasteiger partial charge in [-0.15, -0.1) is 0 Å². The largest absolute Gasteiger partial charge is 0.378 e. The summed E-state index contributed by atoms with van der Waals surface area (Å²) in [5.74, 6) is -0.0535. The van der Waals surface area contributed by atoms with E-state index in [4.69, 9.17) is 10.5 Å². The Hall–Kier alpha value is -0.700. The summed E-state index contributed by atoms with van der Waals surface area (Å²) in [5.41, 5.74) is 5.57. The monoisotopic (exact) mass is 307 g/mol. The number of nitrogens with two attached hydrogens (primary N) is 1. The first-order valence-corrected chi connectivity index (χ1v) is 8.57. The van der Waals surface area contributed by atoms with Gasteiger partial charge >= 0.3 is 0 Å². The van der Waals surface area contributed by atoms with E-state index in [1.54, 1.807) is 0 Å². The Morgan fingerprint density at radius 3 is 2.55 bits per heavy atom. The number of sulfonamides is 1. The van der Waals surface area contributed by atoms with Crippen LogP contribution in [0.1, 0.15) is 26.7 Å². The quantitative estimate of drug-likeness (QED) is 0.488. The Labute approximate surface area is 120 Å². The zero-order valence-electron chi connectivity index (χ0n) is 12.1. The van der Waals surface area contributed by atoms with E-state index in [1.165, 1.54) is 0 Å². The molecule has 0 aromatic rings. The minimum atomic E-state index is -3.49. The van der Waals surface area contributed by atoms with Gasteiger partial charge in [0.05, 0.1) is 25.0 Å². The highest BCUT2D eigenvalue weighted by molar-refractivity contribution is 7.89. The third-order valence-electron chi connectivity index (χ3n) is 3.05. The summed E-state index contributed by atoms with van der Waals surface area (Å²) >= 11 is 0. The van der Waals surface area contributed by atoms with Gasteiger partial charge in [0.2, 0.25) is 15.9 Å². The van der Waals surface area contributed by atoms with Crippen LogP contribution in [0.3, 0.4) is 0 Å². The van der Waals surface area contributed by atoms with Gasteiger partial charge in [-0.1, -0.05) is 0 Å². The van der Waals surface area contributed by atoms with Crippen molar-refractivity contribution in [3.8, 4) is 0 Å². The van der Waals surface area contributed by atoms with Crippen LogP contribution in [0.2, 0.25) is 0 Å². The molecule has 0 heterocycles. The number of nitrogens with one attached hydrogen (secondary N) is 2. The van der Waals surface area contributed by atoms with E-state index in [2.05, 4.69) is 10.0 Å². The predicted octanol–water partition coefficient (Wildman–Crippen LogP) is -0.816. The number of hydrogen-bond acceptors (Lipinski definition) is 5. The number of rotatable bonds is 10. The topological polar surface area (TPSA) is 111 Å². The van der Waals surface area contributed by atoms with Gasteiger partial charge in [-0.3, -0.25) is 4.79 Å². The van der Waals surface area contributed by atoms with Crippen LogP contribution in [0.4, 0.5) is 0 Å². The van der Waals surface area contributed by atoms with Crippen molar-refractivity contribution in [2.75, 3.05) is 25.4 Å². The minimum Gasteiger partial charge on any atom is -0.378 e. The van der Waals surface area contributed by atoms with Crippen LogP contribution in [-0.2, 0) is 19.6 Å². The lowest BCUT2D eigenvalue weighted by atomic mass is 10.2. The average molecular weight is 307 g/mol. The fourth-order valence-electron chi connectivity index (χ4n) is 1.77. The van der Waals surface area contributed by atoms with Gasteiger partial charge in [-0.25, -0.2) is 13.1 Å². The van der Waals surface area contributed by atoms with Crippen molar-refractivity contribution < 1.29 is 17.9 Å². The van der Waals surface area contributed by atoms with Crippen molar-refractivity contribution in [2.24, 2.45) is 11.7 Å². The van der Waals surface area contributed by atoms with Crippen molar-refractivity contribution in [3.05, 3.63) is 0 Å². The molecule has 0 aromatic carbocycles. The van der Waals surface area contributed by atoms with Crippen LogP contribution in [0, 0.1) is 5.92 Å². The van der Waals surface area contributed by atoms with Gasteiger partial charge in [-0.05, 0) is 32.6 Å². The number of carbonyl (C=O) groups excluding carboxylic acids is 1. The molecular weight excluding hydrogens is 282 g/mol. The van der Waals surface area contributed by atoms with E-state index in [-0.39, 0.29) is 37.0 Å². The third kappa shape index (κ3) is 7.18. The Balaban J connectivity index is 2.24. The number of amides is 1. The summed E-state index contributed by atoms with van der Waals surface area (Å²) in [5, 5.41) is 2.75. The maximum Gasteiger partial charge on any atom is 0.235 e. The standard InChI is InChI=1S/C12H25N3O4S/c1-9(2)19-5-6-20(17,18)14-8-12(16)15-11(7-13)10-3-4-10/h9-11,14H,3-8,13H2,1-2H3,(H,15,16). The highest BCUT2D eigenvalue weighted by Crippen LogP contribution is 2.32. The lowest BCUT2D eigenvalue weighted by Gasteiger charge is -2.16. The normalized spacial score (nSPS) is 17.2. The number of ether oxygens (including phenoxy) is 1. The molecule has 8 heteroatoms. The van der Waals surface area contributed by atoms with Gasteiger partial charge in [-0.2, -0.15) is 0 Å². The Kier molecular flexibility index (Phi) is 6.87. The fourth-order valence-corrected chi connectivity index (χ4v) is 2.58. The van der Waals surface area contributed by atoms with E-state index < -0.39 is 10.0 Å². The molecule has 0 saturated heterocycles. The van der Waals surface area contributed by atoms with Crippen molar-refractivity contribution >= 4 is 15.9 Å². The van der Waals surface area contributed by atoms with Gasteiger partial charge in [0, 0.05) is 12.6 Å². The first-order valence-electron chi connectivity index (χ1n) is 6.92. The fraction of sp³-hybridized carbons (Fsp3) is 0.917. The van der Waals surface area contributed by atoms with Crippen molar-refractivity contribution in [3.63, 3.8) is 0 Å². The van der Waals surface area contributed by atoms with Gasteiger partial charge < -0.3 is 15.8 Å². The van der Waals surface area contributed by atoms with Gasteiger partial charge in [0.15, 0.2) is 0 Å². The zero-order chi connectivity index (χ0) is 15.2. The highest BCUT2D eigenvalue weighted by Gasteiger charge is 2.31. The van der Waals surface area contributed by atoms with E-state index in [1.807, 2.05) is 13.8 Å². The number of carbonyl (C=O) groups is 1. The molecule has 1 aliphatic rings. The number of hydrogen-bond donors (Lipinski definition) is 3. The predicted molar refractivity (Wildman–Crippen MR) is 76.6 cm³/mol. The minimum absolute atomic E-state index is 0.0163. The molecule has 1 fully saturated rings. The third-order valence-corrected chi connectivity index (χ3v) is 4.34. The zero-order valence-corrected chi connectivity index (χ0v) is 12.9. The van der Waals surface area contributed by atoms with Crippen molar-refractivity contribution in [1.29, 1.82) is 0 Å². The summed E-state index contributed by atoms with van der Waals surface area (Å²) in [7, 11) is -3.49. The van der Waals surface area contributed by atoms with Crippen LogP contribution in [-0.4, -0.2) is 51.9 Å². The summed E-state index contributed by atoms with van der Waals surface area (Å²) < 4.78 is 30.7. The molecule has 7 nitrogen and oxygen atoms in total.